The molecule has 23 heavy (non-hydrogen) atoms. The van der Waals surface area contributed by atoms with Crippen LogP contribution in [-0.2, 0) is 10.1 Å². The zero-order valence-electron chi connectivity index (χ0n) is 12.2. The number of benzene rings is 2. The van der Waals surface area contributed by atoms with Crippen LogP contribution < -0.4 is 5.32 Å². The van der Waals surface area contributed by atoms with Crippen molar-refractivity contribution in [1.29, 1.82) is 0 Å². The average molecular weight is 341 g/mol. The molecule has 2 aromatic carbocycles. The van der Waals surface area contributed by atoms with Crippen molar-refractivity contribution in [1.82, 2.24) is 5.32 Å². The van der Waals surface area contributed by atoms with E-state index >= 15 is 0 Å². The van der Waals surface area contributed by atoms with Gasteiger partial charge in [0, 0.05) is 6.54 Å². The predicted molar refractivity (Wildman–Crippen MR) is 84.7 cm³/mol. The summed E-state index contributed by atoms with van der Waals surface area (Å²) < 4.78 is 30.5. The van der Waals surface area contributed by atoms with Crippen molar-refractivity contribution in [2.75, 3.05) is 13.2 Å². The van der Waals surface area contributed by atoms with Crippen LogP contribution in [0.15, 0.2) is 47.4 Å². The van der Waals surface area contributed by atoms with E-state index in [9.17, 15) is 8.42 Å². The molecule has 1 fully saturated rings. The quantitative estimate of drug-likeness (QED) is 0.477. The van der Waals surface area contributed by atoms with Gasteiger partial charge in [0.25, 0.3) is 10.1 Å². The number of β-amino-alcohol motifs (C(OH)–C–C–N with tert-alkyl or cyclic N) is 1. The molecule has 7 nitrogen and oxygen atoms in total. The molecule has 0 unspecified atom stereocenters. The van der Waals surface area contributed by atoms with E-state index in [0.29, 0.717) is 6.54 Å². The molecule has 0 aromatic heterocycles. The van der Waals surface area contributed by atoms with Crippen LogP contribution in [0.1, 0.15) is 0 Å². The summed E-state index contributed by atoms with van der Waals surface area (Å²) in [4.78, 5) is -0.0730. The van der Waals surface area contributed by atoms with Crippen LogP contribution in [-0.4, -0.2) is 59.7 Å². The second kappa shape index (κ2) is 7.35. The number of hydrogen-bond acceptors (Lipinski definition) is 6. The van der Waals surface area contributed by atoms with Crippen LogP contribution in [0.5, 0.6) is 0 Å². The zero-order chi connectivity index (χ0) is 17.0. The monoisotopic (exact) mass is 341 g/mol. The summed E-state index contributed by atoms with van der Waals surface area (Å²) >= 11 is 0. The van der Waals surface area contributed by atoms with Crippen LogP contribution in [0.4, 0.5) is 0 Å². The van der Waals surface area contributed by atoms with Gasteiger partial charge in [-0.25, -0.2) is 0 Å². The maximum absolute atomic E-state index is 10.8. The Balaban J connectivity index is 0.000000185. The molecule has 0 amide bonds. The van der Waals surface area contributed by atoms with E-state index in [1.165, 1.54) is 12.1 Å². The number of aliphatic hydroxyl groups excluding tert-OH is 3. The largest absolute Gasteiger partial charge is 0.395 e. The number of aliphatic hydroxyl groups is 3. The molecular formula is C15H19NO6S. The summed E-state index contributed by atoms with van der Waals surface area (Å²) in [5.41, 5.74) is 0. The summed E-state index contributed by atoms with van der Waals surface area (Å²) in [6, 6.07) is 11.5. The van der Waals surface area contributed by atoms with Crippen molar-refractivity contribution >= 4 is 20.9 Å². The Labute approximate surface area is 133 Å². The molecule has 0 saturated carbocycles. The molecule has 0 bridgehead atoms. The van der Waals surface area contributed by atoms with Crippen molar-refractivity contribution in [3.63, 3.8) is 0 Å². The van der Waals surface area contributed by atoms with Crippen molar-refractivity contribution < 1.29 is 28.3 Å². The molecule has 126 valence electrons. The van der Waals surface area contributed by atoms with E-state index in [2.05, 4.69) is 5.32 Å². The van der Waals surface area contributed by atoms with Gasteiger partial charge >= 0.3 is 0 Å². The Morgan fingerprint density at radius 3 is 2.22 bits per heavy atom. The third-order valence-corrected chi connectivity index (χ3v) is 4.46. The Bertz CT molecular complexity index is 763. The Hall–Kier alpha value is -1.55. The minimum Gasteiger partial charge on any atom is -0.395 e. The molecule has 1 saturated heterocycles. The van der Waals surface area contributed by atoms with Gasteiger partial charge in [0.2, 0.25) is 0 Å². The van der Waals surface area contributed by atoms with E-state index in [1.807, 2.05) is 18.2 Å². The highest BCUT2D eigenvalue weighted by Gasteiger charge is 2.31. The normalized spacial score (nSPS) is 24.3. The second-order valence-electron chi connectivity index (χ2n) is 5.24. The molecule has 1 aliphatic rings. The molecule has 3 atom stereocenters. The van der Waals surface area contributed by atoms with E-state index in [-0.39, 0.29) is 17.5 Å². The summed E-state index contributed by atoms with van der Waals surface area (Å²) in [5.74, 6) is 0. The summed E-state index contributed by atoms with van der Waals surface area (Å²) in [7, 11) is -4.09. The van der Waals surface area contributed by atoms with Gasteiger partial charge in [-0.3, -0.25) is 4.55 Å². The first-order valence-electron chi connectivity index (χ1n) is 6.99. The molecule has 1 aliphatic heterocycles. The lowest BCUT2D eigenvalue weighted by atomic mass is 10.1. The van der Waals surface area contributed by atoms with Gasteiger partial charge in [-0.05, 0) is 22.9 Å². The second-order valence-corrected chi connectivity index (χ2v) is 6.66. The van der Waals surface area contributed by atoms with E-state index < -0.39 is 22.3 Å². The summed E-state index contributed by atoms with van der Waals surface area (Å²) in [5, 5.41) is 30.9. The lowest BCUT2D eigenvalue weighted by Gasteiger charge is -2.11. The standard InChI is InChI=1S/C10H8O3S.C5H11NO3/c11-14(12,13)10-6-5-8-3-1-2-4-9(8)7-10;7-2-3-5(9)4(8)1-6-3/h1-7H,(H,11,12,13);3-9H,1-2H2/t;3-,4-,5-/m.1/s1. The lowest BCUT2D eigenvalue weighted by Crippen LogP contribution is -2.35. The first-order chi connectivity index (χ1) is 10.8. The molecule has 0 aliphatic carbocycles. The van der Waals surface area contributed by atoms with Crippen LogP contribution >= 0.6 is 0 Å². The average Bonchev–Trinajstić information content (AvgIpc) is 2.85. The van der Waals surface area contributed by atoms with Gasteiger partial charge in [-0.2, -0.15) is 8.42 Å². The molecule has 2 aromatic rings. The van der Waals surface area contributed by atoms with E-state index in [0.717, 1.165) is 10.8 Å². The highest BCUT2D eigenvalue weighted by molar-refractivity contribution is 7.85. The van der Waals surface area contributed by atoms with E-state index in [1.54, 1.807) is 12.1 Å². The fraction of sp³-hybridized carbons (Fsp3) is 0.333. The first kappa shape index (κ1) is 17.8. The van der Waals surface area contributed by atoms with Gasteiger partial charge in [-0.15, -0.1) is 0 Å². The van der Waals surface area contributed by atoms with Crippen LogP contribution in [0, 0.1) is 0 Å². The number of fused-ring (bicyclic) bond motifs is 1. The van der Waals surface area contributed by atoms with Gasteiger partial charge in [0.1, 0.15) is 0 Å². The van der Waals surface area contributed by atoms with Gasteiger partial charge in [-0.1, -0.05) is 30.3 Å². The highest BCUT2D eigenvalue weighted by atomic mass is 32.2. The van der Waals surface area contributed by atoms with Gasteiger partial charge in [0.15, 0.2) is 0 Å². The summed E-state index contributed by atoms with van der Waals surface area (Å²) in [6.45, 7) is 0.241. The van der Waals surface area contributed by atoms with Crippen molar-refractivity contribution in [2.24, 2.45) is 0 Å². The number of hydrogen-bond donors (Lipinski definition) is 5. The maximum atomic E-state index is 10.8. The molecular weight excluding hydrogens is 322 g/mol. The van der Waals surface area contributed by atoms with Crippen molar-refractivity contribution in [3.8, 4) is 0 Å². The molecule has 0 spiro atoms. The molecule has 8 heteroatoms. The third-order valence-electron chi connectivity index (χ3n) is 3.61. The van der Waals surface area contributed by atoms with E-state index in [4.69, 9.17) is 19.9 Å². The number of nitrogens with one attached hydrogen (secondary N) is 1. The first-order valence-corrected chi connectivity index (χ1v) is 8.43. The van der Waals surface area contributed by atoms with Gasteiger partial charge in [0.05, 0.1) is 29.8 Å². The van der Waals surface area contributed by atoms with Crippen LogP contribution in [0.25, 0.3) is 10.8 Å². The predicted octanol–water partition coefficient (Wildman–Crippen LogP) is -0.241. The van der Waals surface area contributed by atoms with Crippen molar-refractivity contribution in [3.05, 3.63) is 42.5 Å². The van der Waals surface area contributed by atoms with Crippen molar-refractivity contribution in [2.45, 2.75) is 23.1 Å². The molecule has 3 rings (SSSR count). The Morgan fingerprint density at radius 1 is 1.09 bits per heavy atom. The Morgan fingerprint density at radius 2 is 1.74 bits per heavy atom. The molecule has 0 radical (unpaired) electrons. The third kappa shape index (κ3) is 4.47. The SMILES string of the molecule is O=S(=O)(O)c1ccc2ccccc2c1.OC[C@H]1NC[C@@H](O)[C@@H]1O. The minimum absolute atomic E-state index is 0.0730. The van der Waals surface area contributed by atoms with Gasteiger partial charge < -0.3 is 20.6 Å². The smallest absolute Gasteiger partial charge is 0.294 e. The lowest BCUT2D eigenvalue weighted by molar-refractivity contribution is 0.0295. The Kier molecular flexibility index (Phi) is 5.69. The van der Waals surface area contributed by atoms with Crippen LogP contribution in [0.3, 0.4) is 0 Å². The highest BCUT2D eigenvalue weighted by Crippen LogP contribution is 2.18. The molecule has 5 N–H and O–H groups in total. The maximum Gasteiger partial charge on any atom is 0.294 e. The number of rotatable bonds is 2. The summed E-state index contributed by atoms with van der Waals surface area (Å²) in [6.07, 6.45) is -1.53. The zero-order valence-corrected chi connectivity index (χ0v) is 13.0. The molecule has 1 heterocycles. The minimum atomic E-state index is -4.09. The van der Waals surface area contributed by atoms with Crippen LogP contribution in [0.2, 0.25) is 0 Å². The topological polar surface area (TPSA) is 127 Å². The fourth-order valence-electron chi connectivity index (χ4n) is 2.28. The fourth-order valence-corrected chi connectivity index (χ4v) is 2.80.